The topological polar surface area (TPSA) is 69.3 Å². The number of hydrogen-bond donors (Lipinski definition) is 1. The number of methoxy groups -OCH3 is 1. The first kappa shape index (κ1) is 19.2. The lowest BCUT2D eigenvalue weighted by molar-refractivity contribution is -0.410. The van der Waals surface area contributed by atoms with Gasteiger partial charge in [0.05, 0.1) is 0 Å². The van der Waals surface area contributed by atoms with E-state index in [-0.39, 0.29) is 30.5 Å². The van der Waals surface area contributed by atoms with E-state index < -0.39 is 11.7 Å². The van der Waals surface area contributed by atoms with Crippen LogP contribution in [0.3, 0.4) is 0 Å². The molecule has 1 amide bonds. The average Bonchev–Trinajstić information content (AvgIpc) is 2.95. The third kappa shape index (κ3) is 3.28. The van der Waals surface area contributed by atoms with Gasteiger partial charge in [-0.25, -0.2) is 4.79 Å². The smallest absolute Gasteiger partial charge is 0.407 e. The highest BCUT2D eigenvalue weighted by molar-refractivity contribution is 5.67. The summed E-state index contributed by atoms with van der Waals surface area (Å²) in [4.78, 5) is 14.8. The molecule has 4 bridgehead atoms. The van der Waals surface area contributed by atoms with Crippen molar-refractivity contribution >= 4 is 6.09 Å². The van der Waals surface area contributed by atoms with Crippen molar-refractivity contribution in [2.45, 2.75) is 56.9 Å². The summed E-state index contributed by atoms with van der Waals surface area (Å²) in [6.07, 6.45) is 4.82. The Bertz CT molecular complexity index is 567. The third-order valence-corrected chi connectivity index (χ3v) is 6.85. The van der Waals surface area contributed by atoms with E-state index in [2.05, 4.69) is 23.7 Å². The summed E-state index contributed by atoms with van der Waals surface area (Å²) in [5, 5.41) is 2.73. The monoisotopic (exact) mass is 380 g/mol. The normalized spacial score (nSPS) is 43.5. The van der Waals surface area contributed by atoms with Gasteiger partial charge in [-0.05, 0) is 38.3 Å². The molecule has 5 rings (SSSR count). The molecule has 0 radical (unpaired) electrons. The maximum Gasteiger partial charge on any atom is 0.407 e. The van der Waals surface area contributed by atoms with Crippen molar-refractivity contribution in [3.8, 4) is 0 Å². The summed E-state index contributed by atoms with van der Waals surface area (Å²) in [6.45, 7) is 9.09. The molecule has 7 atom stereocenters. The van der Waals surface area contributed by atoms with E-state index in [4.69, 9.17) is 18.9 Å². The highest BCUT2D eigenvalue weighted by Crippen LogP contribution is 2.59. The summed E-state index contributed by atoms with van der Waals surface area (Å²) in [5.74, 6) is 0.701. The summed E-state index contributed by atoms with van der Waals surface area (Å²) >= 11 is 0. The highest BCUT2D eigenvalue weighted by atomic mass is 16.8. The van der Waals surface area contributed by atoms with Crippen molar-refractivity contribution in [1.82, 2.24) is 10.2 Å². The van der Waals surface area contributed by atoms with Gasteiger partial charge in [0.2, 0.25) is 0 Å². The zero-order valence-corrected chi connectivity index (χ0v) is 16.4. The fourth-order valence-electron chi connectivity index (χ4n) is 5.58. The van der Waals surface area contributed by atoms with Gasteiger partial charge < -0.3 is 29.2 Å². The fourth-order valence-corrected chi connectivity index (χ4v) is 5.58. The first-order chi connectivity index (χ1) is 13.1. The Morgan fingerprint density at radius 2 is 2.15 bits per heavy atom. The van der Waals surface area contributed by atoms with Crippen LogP contribution in [0.2, 0.25) is 0 Å². The Kier molecular flexibility index (Phi) is 5.47. The van der Waals surface area contributed by atoms with E-state index in [1.807, 2.05) is 0 Å². The highest BCUT2D eigenvalue weighted by Gasteiger charge is 2.70. The predicted octanol–water partition coefficient (Wildman–Crippen LogP) is 2.12. The van der Waals surface area contributed by atoms with Crippen molar-refractivity contribution < 1.29 is 23.7 Å². The van der Waals surface area contributed by atoms with Gasteiger partial charge in [0, 0.05) is 32.0 Å². The fraction of sp³-hybridized carbons (Fsp3) is 0.850. The molecule has 1 N–H and O–H groups in total. The molecule has 1 aliphatic carbocycles. The number of rotatable bonds is 6. The molecule has 4 heterocycles. The molecule has 0 aromatic rings. The molecule has 0 aromatic carbocycles. The molecule has 0 aromatic heterocycles. The zero-order chi connectivity index (χ0) is 19.0. The Labute approximate surface area is 161 Å². The number of alkyl carbamates (subject to hydrolysis) is 1. The predicted molar refractivity (Wildman–Crippen MR) is 99.0 cm³/mol. The summed E-state index contributed by atoms with van der Waals surface area (Å²) < 4.78 is 24.2. The second kappa shape index (κ2) is 7.70. The maximum atomic E-state index is 12.3. The second-order valence-electron chi connectivity index (χ2n) is 8.37. The summed E-state index contributed by atoms with van der Waals surface area (Å²) in [7, 11) is 1.69. The van der Waals surface area contributed by atoms with E-state index in [0.717, 1.165) is 26.1 Å². The number of amides is 1. The van der Waals surface area contributed by atoms with E-state index >= 15 is 0 Å². The van der Waals surface area contributed by atoms with Gasteiger partial charge in [0.15, 0.2) is 12.6 Å². The second-order valence-corrected chi connectivity index (χ2v) is 8.37. The number of nitrogens with zero attached hydrogens (tertiary/aromatic N) is 1. The average molecular weight is 380 g/mol. The standard InChI is InChI=1S/C20H32N2O5/c1-4-8-21-19(23)25-15-11-14-13(2)17-26-18(24-3)16(14)20(15,27-17)12-22-9-6-5-7-10-22/h4,13-18H,1,5-12H2,2-3H3,(H,21,23)/t13?,14?,15-,16?,17?,18?,20?/m0/s1. The van der Waals surface area contributed by atoms with Crippen LogP contribution in [0.15, 0.2) is 12.7 Å². The molecule has 5 aliphatic rings. The molecular weight excluding hydrogens is 348 g/mol. The molecule has 152 valence electrons. The minimum absolute atomic E-state index is 0.0710. The molecule has 5 fully saturated rings. The molecule has 4 aliphatic heterocycles. The van der Waals surface area contributed by atoms with Gasteiger partial charge in [-0.2, -0.15) is 0 Å². The number of likely N-dealkylation sites (tertiary alicyclic amines) is 1. The Balaban J connectivity index is 1.60. The van der Waals surface area contributed by atoms with Crippen LogP contribution in [0.1, 0.15) is 32.6 Å². The third-order valence-electron chi connectivity index (χ3n) is 6.85. The first-order valence-corrected chi connectivity index (χ1v) is 10.2. The van der Waals surface area contributed by atoms with Crippen LogP contribution in [-0.4, -0.2) is 68.6 Å². The molecule has 7 nitrogen and oxygen atoms in total. The molecule has 7 heteroatoms. The number of piperidine rings is 1. The first-order valence-electron chi connectivity index (χ1n) is 10.2. The van der Waals surface area contributed by atoms with Crippen molar-refractivity contribution in [3.05, 3.63) is 12.7 Å². The molecular formula is C20H32N2O5. The van der Waals surface area contributed by atoms with Crippen LogP contribution >= 0.6 is 0 Å². The van der Waals surface area contributed by atoms with Crippen LogP contribution in [0.4, 0.5) is 4.79 Å². The quantitative estimate of drug-likeness (QED) is 0.712. The van der Waals surface area contributed by atoms with Crippen molar-refractivity contribution in [3.63, 3.8) is 0 Å². The van der Waals surface area contributed by atoms with Crippen LogP contribution in [-0.2, 0) is 18.9 Å². The Morgan fingerprint density at radius 3 is 2.85 bits per heavy atom. The number of ether oxygens (including phenoxy) is 4. The lowest BCUT2D eigenvalue weighted by Gasteiger charge is -2.56. The Morgan fingerprint density at radius 1 is 1.37 bits per heavy atom. The molecule has 4 saturated heterocycles. The molecule has 27 heavy (non-hydrogen) atoms. The minimum Gasteiger partial charge on any atom is -0.443 e. The van der Waals surface area contributed by atoms with Crippen molar-refractivity contribution in [2.75, 3.05) is 33.3 Å². The van der Waals surface area contributed by atoms with Gasteiger partial charge in [0.25, 0.3) is 0 Å². The van der Waals surface area contributed by atoms with Gasteiger partial charge in [-0.15, -0.1) is 6.58 Å². The number of hydrogen-bond acceptors (Lipinski definition) is 6. The van der Waals surface area contributed by atoms with Crippen LogP contribution in [0.25, 0.3) is 0 Å². The molecule has 1 saturated carbocycles. The van der Waals surface area contributed by atoms with Gasteiger partial charge in [-0.1, -0.05) is 19.4 Å². The maximum absolute atomic E-state index is 12.3. The zero-order valence-electron chi connectivity index (χ0n) is 16.4. The lowest BCUT2D eigenvalue weighted by atomic mass is 9.73. The lowest BCUT2D eigenvalue weighted by Crippen LogP contribution is -2.68. The van der Waals surface area contributed by atoms with Crippen molar-refractivity contribution in [1.29, 1.82) is 0 Å². The van der Waals surface area contributed by atoms with Crippen LogP contribution in [0.5, 0.6) is 0 Å². The van der Waals surface area contributed by atoms with E-state index in [1.54, 1.807) is 13.2 Å². The number of fused-ring (bicyclic) bond motifs is 1. The van der Waals surface area contributed by atoms with Crippen molar-refractivity contribution in [2.24, 2.45) is 17.8 Å². The SMILES string of the molecule is C=CCNC(=O)O[C@H]1CC2C(C)C3OC(OC)C2C1(CN1CCCCC1)O3. The largest absolute Gasteiger partial charge is 0.443 e. The number of nitrogens with one attached hydrogen (secondary N) is 1. The summed E-state index contributed by atoms with van der Waals surface area (Å²) in [6, 6.07) is 0. The molecule has 0 spiro atoms. The van der Waals surface area contributed by atoms with Crippen LogP contribution in [0, 0.1) is 17.8 Å². The van der Waals surface area contributed by atoms with Crippen LogP contribution < -0.4 is 5.32 Å². The van der Waals surface area contributed by atoms with E-state index in [1.165, 1.54) is 19.3 Å². The number of carbonyl (C=O) groups excluding carboxylic acids is 1. The van der Waals surface area contributed by atoms with Gasteiger partial charge in [0.1, 0.15) is 11.7 Å². The number of carbonyl (C=O) groups is 1. The van der Waals surface area contributed by atoms with E-state index in [0.29, 0.717) is 12.5 Å². The Hall–Kier alpha value is -1.15. The van der Waals surface area contributed by atoms with Gasteiger partial charge >= 0.3 is 6.09 Å². The minimum atomic E-state index is -0.566. The van der Waals surface area contributed by atoms with E-state index in [9.17, 15) is 4.79 Å². The van der Waals surface area contributed by atoms with Gasteiger partial charge in [-0.3, -0.25) is 0 Å². The molecule has 6 unspecified atom stereocenters. The summed E-state index contributed by atoms with van der Waals surface area (Å²) in [5.41, 5.74) is -0.566.